The Morgan fingerprint density at radius 2 is 1.88 bits per heavy atom. The van der Waals surface area contributed by atoms with Gasteiger partial charge in [0.1, 0.15) is 6.61 Å². The number of nitrogens with one attached hydrogen (secondary N) is 1. The third-order valence-corrected chi connectivity index (χ3v) is 3.20. The Morgan fingerprint density at radius 1 is 1.04 bits per heavy atom. The quantitative estimate of drug-likeness (QED) is 0.729. The van der Waals surface area contributed by atoms with E-state index in [-0.39, 0.29) is 18.3 Å². The van der Waals surface area contributed by atoms with Gasteiger partial charge in [0.05, 0.1) is 17.5 Å². The number of aromatic nitrogens is 1. The first-order valence-electron chi connectivity index (χ1n) is 7.24. The Bertz CT molecular complexity index is 812. The zero-order valence-electron chi connectivity index (χ0n) is 12.6. The van der Waals surface area contributed by atoms with Gasteiger partial charge in [-0.1, -0.05) is 6.07 Å². The van der Waals surface area contributed by atoms with E-state index in [1.54, 1.807) is 54.7 Å². The van der Waals surface area contributed by atoms with Gasteiger partial charge in [-0.05, 0) is 48.5 Å². The zero-order valence-corrected chi connectivity index (χ0v) is 12.6. The van der Waals surface area contributed by atoms with Crippen molar-refractivity contribution < 1.29 is 18.7 Å². The fourth-order valence-corrected chi connectivity index (χ4v) is 2.00. The minimum absolute atomic E-state index is 0.108. The van der Waals surface area contributed by atoms with Crippen molar-refractivity contribution in [1.29, 1.82) is 0 Å². The Balaban J connectivity index is 1.57. The number of amides is 1. The lowest BCUT2D eigenvalue weighted by atomic mass is 10.2. The van der Waals surface area contributed by atoms with Crippen LogP contribution >= 0.6 is 0 Å². The zero-order chi connectivity index (χ0) is 16.8. The molecule has 6 heteroatoms. The van der Waals surface area contributed by atoms with Gasteiger partial charge in [-0.15, -0.1) is 0 Å². The molecule has 0 radical (unpaired) electrons. The van der Waals surface area contributed by atoms with Crippen LogP contribution < -0.4 is 5.32 Å². The molecule has 0 spiro atoms. The number of anilines is 1. The first-order valence-corrected chi connectivity index (χ1v) is 7.24. The Kier molecular flexibility index (Phi) is 4.67. The minimum Gasteiger partial charge on any atom is -0.459 e. The monoisotopic (exact) mass is 322 g/mol. The van der Waals surface area contributed by atoms with Gasteiger partial charge in [0.25, 0.3) is 5.91 Å². The van der Waals surface area contributed by atoms with Gasteiger partial charge in [0, 0.05) is 11.9 Å². The predicted octanol–water partition coefficient (Wildman–Crippen LogP) is 3.28. The highest BCUT2D eigenvalue weighted by atomic mass is 16.5. The number of nitrogens with zero attached hydrogens (tertiary/aromatic N) is 1. The average Bonchev–Trinajstić information content (AvgIpc) is 3.16. The van der Waals surface area contributed by atoms with Crippen LogP contribution in [0.25, 0.3) is 0 Å². The van der Waals surface area contributed by atoms with Crippen molar-refractivity contribution in [3.8, 4) is 0 Å². The summed E-state index contributed by atoms with van der Waals surface area (Å²) in [5, 5.41) is 2.67. The molecular formula is C18H14N2O4. The summed E-state index contributed by atoms with van der Waals surface area (Å²) in [7, 11) is 0. The van der Waals surface area contributed by atoms with Crippen LogP contribution in [0.4, 0.5) is 5.69 Å². The van der Waals surface area contributed by atoms with Crippen molar-refractivity contribution >= 4 is 17.6 Å². The number of esters is 1. The van der Waals surface area contributed by atoms with Gasteiger partial charge >= 0.3 is 5.97 Å². The standard InChI is InChI=1S/C18H14N2O4/c21-17(16-5-3-11-23-16)20-14-8-6-13(7-9-14)18(22)24-12-15-4-1-2-10-19-15/h1-11H,12H2,(H,20,21). The van der Waals surface area contributed by atoms with E-state index in [1.807, 2.05) is 6.07 Å². The van der Waals surface area contributed by atoms with Gasteiger partial charge in [-0.2, -0.15) is 0 Å². The fraction of sp³-hybridized carbons (Fsp3) is 0.0556. The van der Waals surface area contributed by atoms with Gasteiger partial charge < -0.3 is 14.5 Å². The normalized spacial score (nSPS) is 10.2. The Morgan fingerprint density at radius 3 is 2.54 bits per heavy atom. The molecule has 2 heterocycles. The van der Waals surface area contributed by atoms with Crippen LogP contribution in [0.1, 0.15) is 26.6 Å². The summed E-state index contributed by atoms with van der Waals surface area (Å²) in [5.74, 6) is -0.594. The molecule has 0 bridgehead atoms. The summed E-state index contributed by atoms with van der Waals surface area (Å²) in [6, 6.07) is 15.0. The third kappa shape index (κ3) is 3.86. The number of furan rings is 1. The molecule has 24 heavy (non-hydrogen) atoms. The summed E-state index contributed by atoms with van der Waals surface area (Å²) < 4.78 is 10.2. The summed E-state index contributed by atoms with van der Waals surface area (Å²) in [5.41, 5.74) is 1.62. The highest BCUT2D eigenvalue weighted by molar-refractivity contribution is 6.02. The summed E-state index contributed by atoms with van der Waals surface area (Å²) in [4.78, 5) is 27.9. The van der Waals surface area contributed by atoms with E-state index < -0.39 is 5.97 Å². The lowest BCUT2D eigenvalue weighted by Gasteiger charge is -2.06. The second-order valence-electron chi connectivity index (χ2n) is 4.91. The lowest BCUT2D eigenvalue weighted by Crippen LogP contribution is -2.11. The molecule has 3 rings (SSSR count). The molecule has 6 nitrogen and oxygen atoms in total. The van der Waals surface area contributed by atoms with Crippen LogP contribution in [0.15, 0.2) is 71.5 Å². The van der Waals surface area contributed by atoms with Gasteiger partial charge in [0.2, 0.25) is 0 Å². The van der Waals surface area contributed by atoms with E-state index in [1.165, 1.54) is 6.26 Å². The van der Waals surface area contributed by atoms with Crippen molar-refractivity contribution in [2.45, 2.75) is 6.61 Å². The Hall–Kier alpha value is -3.41. The molecule has 1 N–H and O–H groups in total. The van der Waals surface area contributed by atoms with Crippen molar-refractivity contribution in [3.63, 3.8) is 0 Å². The predicted molar refractivity (Wildman–Crippen MR) is 86.5 cm³/mol. The number of carbonyl (C=O) groups excluding carboxylic acids is 2. The van der Waals surface area contributed by atoms with Crippen LogP contribution in [0.5, 0.6) is 0 Å². The second-order valence-corrected chi connectivity index (χ2v) is 4.91. The van der Waals surface area contributed by atoms with E-state index in [0.29, 0.717) is 16.9 Å². The van der Waals surface area contributed by atoms with Crippen LogP contribution in [-0.4, -0.2) is 16.9 Å². The van der Waals surface area contributed by atoms with E-state index in [0.717, 1.165) is 0 Å². The van der Waals surface area contributed by atoms with E-state index in [2.05, 4.69) is 10.3 Å². The summed E-state index contributed by atoms with van der Waals surface area (Å²) in [6.07, 6.45) is 3.06. The van der Waals surface area contributed by atoms with E-state index in [9.17, 15) is 9.59 Å². The average molecular weight is 322 g/mol. The number of rotatable bonds is 5. The summed E-state index contributed by atoms with van der Waals surface area (Å²) >= 11 is 0. The number of ether oxygens (including phenoxy) is 1. The maximum absolute atomic E-state index is 12.0. The molecular weight excluding hydrogens is 308 g/mol. The maximum Gasteiger partial charge on any atom is 0.338 e. The number of hydrogen-bond donors (Lipinski definition) is 1. The molecule has 2 aromatic heterocycles. The second kappa shape index (κ2) is 7.23. The molecule has 0 fully saturated rings. The SMILES string of the molecule is O=C(OCc1ccccn1)c1ccc(NC(=O)c2ccco2)cc1. The lowest BCUT2D eigenvalue weighted by molar-refractivity contribution is 0.0467. The number of carbonyl (C=O) groups is 2. The molecule has 1 aromatic carbocycles. The van der Waals surface area contributed by atoms with Crippen LogP contribution in [0.2, 0.25) is 0 Å². The van der Waals surface area contributed by atoms with Crippen LogP contribution in [0, 0.1) is 0 Å². The highest BCUT2D eigenvalue weighted by Gasteiger charge is 2.11. The van der Waals surface area contributed by atoms with Crippen molar-refractivity contribution in [2.24, 2.45) is 0 Å². The van der Waals surface area contributed by atoms with Gasteiger partial charge in [0.15, 0.2) is 5.76 Å². The minimum atomic E-state index is -0.454. The van der Waals surface area contributed by atoms with Gasteiger partial charge in [-0.25, -0.2) is 4.79 Å². The van der Waals surface area contributed by atoms with Crippen LogP contribution in [-0.2, 0) is 11.3 Å². The first kappa shape index (κ1) is 15.5. The molecule has 0 aliphatic carbocycles. The van der Waals surface area contributed by atoms with E-state index in [4.69, 9.17) is 9.15 Å². The first-order chi connectivity index (χ1) is 11.7. The third-order valence-electron chi connectivity index (χ3n) is 3.20. The van der Waals surface area contributed by atoms with Crippen molar-refractivity contribution in [3.05, 3.63) is 84.1 Å². The molecule has 120 valence electrons. The molecule has 3 aromatic rings. The maximum atomic E-state index is 12.0. The molecule has 0 aliphatic heterocycles. The fourth-order valence-electron chi connectivity index (χ4n) is 2.00. The van der Waals surface area contributed by atoms with E-state index >= 15 is 0 Å². The molecule has 0 aliphatic rings. The topological polar surface area (TPSA) is 81.4 Å². The highest BCUT2D eigenvalue weighted by Crippen LogP contribution is 2.13. The molecule has 0 atom stereocenters. The Labute approximate surface area is 138 Å². The smallest absolute Gasteiger partial charge is 0.338 e. The summed E-state index contributed by atoms with van der Waals surface area (Å²) in [6.45, 7) is 0.108. The molecule has 0 saturated heterocycles. The number of hydrogen-bond acceptors (Lipinski definition) is 5. The molecule has 1 amide bonds. The van der Waals surface area contributed by atoms with Crippen molar-refractivity contribution in [2.75, 3.05) is 5.32 Å². The van der Waals surface area contributed by atoms with Crippen LogP contribution in [0.3, 0.4) is 0 Å². The van der Waals surface area contributed by atoms with Crippen molar-refractivity contribution in [1.82, 2.24) is 4.98 Å². The van der Waals surface area contributed by atoms with Gasteiger partial charge in [-0.3, -0.25) is 9.78 Å². The largest absolute Gasteiger partial charge is 0.459 e. The molecule has 0 unspecified atom stereocenters. The number of pyridine rings is 1. The molecule has 0 saturated carbocycles. The number of benzene rings is 1.